The van der Waals surface area contributed by atoms with Crippen molar-refractivity contribution in [3.05, 3.63) is 0 Å². The summed E-state index contributed by atoms with van der Waals surface area (Å²) in [5, 5.41) is 0. The van der Waals surface area contributed by atoms with E-state index in [-0.39, 0.29) is 47.1 Å². The van der Waals surface area contributed by atoms with Gasteiger partial charge in [0.15, 0.2) is 0 Å². The third-order valence-corrected chi connectivity index (χ3v) is 13.8. The van der Waals surface area contributed by atoms with E-state index in [2.05, 4.69) is 41.5 Å². The van der Waals surface area contributed by atoms with Gasteiger partial charge in [-0.15, -0.1) is 0 Å². The van der Waals surface area contributed by atoms with Gasteiger partial charge in [0.05, 0.1) is 12.2 Å². The molecule has 4 fully saturated rings. The molecule has 12 heteroatoms. The minimum atomic E-state index is -4.82. The topological polar surface area (TPSA) is 157 Å². The van der Waals surface area contributed by atoms with Crippen LogP contribution in [0, 0.1) is 58.2 Å². The molecule has 0 aromatic rings. The molecule has 0 aromatic heterocycles. The summed E-state index contributed by atoms with van der Waals surface area (Å²) in [7, 11) is -9.46. The highest BCUT2D eigenvalue weighted by Gasteiger charge is 2.64. The summed E-state index contributed by atoms with van der Waals surface area (Å²) in [6, 6.07) is 0. The third-order valence-electron chi connectivity index (χ3n) is 12.8. The molecule has 4 aliphatic rings. The lowest BCUT2D eigenvalue weighted by atomic mass is 9.43. The van der Waals surface area contributed by atoms with E-state index < -0.39 is 30.4 Å². The Morgan fingerprint density at radius 2 is 1.60 bits per heavy atom. The zero-order chi connectivity index (χ0) is 32.1. The smallest absolute Gasteiger partial charge is 0.462 e. The van der Waals surface area contributed by atoms with Crippen molar-refractivity contribution in [1.82, 2.24) is 0 Å². The average molecular weight is 651 g/mol. The Hall–Kier alpha value is -0.550. The van der Waals surface area contributed by atoms with Gasteiger partial charge in [-0.1, -0.05) is 48.0 Å². The second kappa shape index (κ2) is 12.9. The van der Waals surface area contributed by atoms with Crippen molar-refractivity contribution in [2.45, 2.75) is 131 Å². The Balaban J connectivity index is 1.61. The summed E-state index contributed by atoms with van der Waals surface area (Å²) in [6.45, 7) is 15.0. The largest absolute Gasteiger partial charge is 0.469 e. The number of hydrogen-bond donors (Lipinski definition) is 3. The van der Waals surface area contributed by atoms with Gasteiger partial charge in [-0.2, -0.15) is 8.42 Å². The summed E-state index contributed by atoms with van der Waals surface area (Å²) >= 11 is 0. The molecule has 4 saturated carbocycles. The molecule has 12 atom stereocenters. The molecule has 0 spiro atoms. The molecule has 4 aliphatic carbocycles. The number of hydrogen-bond acceptors (Lipinski definition) is 7. The molecule has 0 unspecified atom stereocenters. The normalized spacial score (nSPS) is 40.2. The van der Waals surface area contributed by atoms with Crippen molar-refractivity contribution in [2.24, 2.45) is 58.2 Å². The van der Waals surface area contributed by atoms with Gasteiger partial charge in [0.2, 0.25) is 0 Å². The first-order chi connectivity index (χ1) is 19.8. The Morgan fingerprint density at radius 1 is 0.977 bits per heavy atom. The lowest BCUT2D eigenvalue weighted by molar-refractivity contribution is -0.171. The van der Waals surface area contributed by atoms with Crippen molar-refractivity contribution < 1.29 is 45.6 Å². The molecule has 0 radical (unpaired) electrons. The summed E-state index contributed by atoms with van der Waals surface area (Å²) in [5.74, 6) is 1.82. The number of phosphoric ester groups is 1. The minimum Gasteiger partial charge on any atom is -0.462 e. The SMILES string of the molecule is CC[C@H](C[C@@H](OC(C)=O)[C@@H](C)[C@H]1CC[C@H]2[C@@H]3C[C@H](OP(=O)(O)O)[C@H]4C[C@@H](OS(=O)(=O)O)CC[C@]4(C)[C@H]3CC[C@]12C)C(C)C. The molecular weight excluding hydrogens is 595 g/mol. The van der Waals surface area contributed by atoms with Gasteiger partial charge in [0, 0.05) is 6.92 Å². The number of rotatable bonds is 11. The molecule has 0 bridgehead atoms. The Kier molecular flexibility index (Phi) is 10.6. The van der Waals surface area contributed by atoms with Crippen LogP contribution in [0.3, 0.4) is 0 Å². The molecule has 4 rings (SSSR count). The van der Waals surface area contributed by atoms with Gasteiger partial charge in [-0.3, -0.25) is 13.9 Å². The van der Waals surface area contributed by atoms with Crippen LogP contribution in [0.4, 0.5) is 0 Å². The lowest BCUT2D eigenvalue weighted by Crippen LogP contribution is -2.59. The van der Waals surface area contributed by atoms with E-state index in [1.54, 1.807) is 0 Å². The van der Waals surface area contributed by atoms with Crippen LogP contribution in [0.5, 0.6) is 0 Å². The fourth-order valence-corrected chi connectivity index (χ4v) is 11.8. The second-order valence-electron chi connectivity index (χ2n) is 15.2. The predicted octanol–water partition coefficient (Wildman–Crippen LogP) is 6.56. The molecule has 0 aromatic carbocycles. The fourth-order valence-electron chi connectivity index (χ4n) is 10.7. The number of phosphoric acid groups is 1. The maximum absolute atomic E-state index is 12.2. The van der Waals surface area contributed by atoms with E-state index in [9.17, 15) is 32.1 Å². The van der Waals surface area contributed by atoms with Gasteiger partial charge < -0.3 is 14.5 Å². The zero-order valence-electron chi connectivity index (χ0n) is 27.0. The number of carbonyl (C=O) groups is 1. The van der Waals surface area contributed by atoms with E-state index in [0.29, 0.717) is 48.9 Å². The number of carbonyl (C=O) groups excluding carboxylic acids is 1. The molecule has 0 saturated heterocycles. The van der Waals surface area contributed by atoms with Crippen LogP contribution in [0.15, 0.2) is 0 Å². The van der Waals surface area contributed by atoms with Crippen LogP contribution >= 0.6 is 7.82 Å². The number of fused-ring (bicyclic) bond motifs is 5. The van der Waals surface area contributed by atoms with E-state index in [1.165, 1.54) is 6.92 Å². The first kappa shape index (κ1) is 35.3. The van der Waals surface area contributed by atoms with Gasteiger partial charge >= 0.3 is 24.2 Å². The average Bonchev–Trinajstić information content (AvgIpc) is 3.22. The van der Waals surface area contributed by atoms with Crippen molar-refractivity contribution >= 4 is 24.2 Å². The van der Waals surface area contributed by atoms with Crippen LogP contribution in [-0.2, 0) is 33.2 Å². The number of ether oxygens (including phenoxy) is 1. The van der Waals surface area contributed by atoms with Crippen LogP contribution in [0.25, 0.3) is 0 Å². The zero-order valence-corrected chi connectivity index (χ0v) is 28.7. The van der Waals surface area contributed by atoms with Crippen molar-refractivity contribution in [3.63, 3.8) is 0 Å². The maximum atomic E-state index is 12.2. The second-order valence-corrected chi connectivity index (χ2v) is 17.4. The first-order valence-electron chi connectivity index (χ1n) is 16.4. The Bertz CT molecular complexity index is 1160. The third kappa shape index (κ3) is 7.55. The van der Waals surface area contributed by atoms with Crippen LogP contribution < -0.4 is 0 Å². The van der Waals surface area contributed by atoms with Crippen LogP contribution in [-0.4, -0.2) is 47.0 Å². The highest BCUT2D eigenvalue weighted by atomic mass is 32.3. The van der Waals surface area contributed by atoms with Crippen molar-refractivity contribution in [2.75, 3.05) is 0 Å². The molecule has 0 aliphatic heterocycles. The lowest BCUT2D eigenvalue weighted by Gasteiger charge is -2.63. The van der Waals surface area contributed by atoms with Crippen molar-refractivity contribution in [1.29, 1.82) is 0 Å². The number of esters is 1. The maximum Gasteiger partial charge on any atom is 0.469 e. The quantitative estimate of drug-likeness (QED) is 0.127. The van der Waals surface area contributed by atoms with Gasteiger partial charge in [0.1, 0.15) is 6.10 Å². The summed E-state index contributed by atoms with van der Waals surface area (Å²) in [6.07, 6.45) is 6.09. The fraction of sp³-hybridized carbons (Fsp3) is 0.968. The van der Waals surface area contributed by atoms with E-state index in [4.69, 9.17) is 13.4 Å². The predicted molar refractivity (Wildman–Crippen MR) is 162 cm³/mol. The summed E-state index contributed by atoms with van der Waals surface area (Å²) < 4.78 is 60.9. The summed E-state index contributed by atoms with van der Waals surface area (Å²) in [5.41, 5.74) is -0.307. The molecule has 43 heavy (non-hydrogen) atoms. The van der Waals surface area contributed by atoms with Crippen LogP contribution in [0.2, 0.25) is 0 Å². The Morgan fingerprint density at radius 3 is 2.16 bits per heavy atom. The first-order valence-corrected chi connectivity index (χ1v) is 19.3. The van der Waals surface area contributed by atoms with E-state index >= 15 is 0 Å². The molecule has 10 nitrogen and oxygen atoms in total. The van der Waals surface area contributed by atoms with E-state index in [0.717, 1.165) is 38.5 Å². The standard InChI is InChI=1S/C31H55O10PS/c1-8-21(18(2)3)15-28(39-20(5)32)19(4)24-9-10-25-23-17-29(40-42(33,34)35)27-16-22(41-43(36,37)38)11-13-31(27,7)26(23)12-14-30(24,25)6/h18-19,21-29H,8-17H2,1-7H3,(H2,33,34,35)(H,36,37,38)/t19-,21+,22-,23-,24+,25-,26-,27+,28+,29-,30+,31+/m0/s1. The molecule has 0 heterocycles. The van der Waals surface area contributed by atoms with Crippen molar-refractivity contribution in [3.8, 4) is 0 Å². The van der Waals surface area contributed by atoms with E-state index in [1.807, 2.05) is 0 Å². The molecule has 3 N–H and O–H groups in total. The summed E-state index contributed by atoms with van der Waals surface area (Å²) in [4.78, 5) is 32.0. The van der Waals surface area contributed by atoms with Gasteiger partial charge in [-0.25, -0.2) is 8.75 Å². The molecule has 250 valence electrons. The molecule has 0 amide bonds. The molecular formula is C31H55O10PS. The Labute approximate surface area is 258 Å². The highest BCUT2D eigenvalue weighted by molar-refractivity contribution is 7.80. The van der Waals surface area contributed by atoms with Gasteiger partial charge in [-0.05, 0) is 116 Å². The monoisotopic (exact) mass is 650 g/mol. The minimum absolute atomic E-state index is 0.000321. The highest BCUT2D eigenvalue weighted by Crippen LogP contribution is 2.69. The van der Waals surface area contributed by atoms with Gasteiger partial charge in [0.25, 0.3) is 0 Å². The van der Waals surface area contributed by atoms with Crippen LogP contribution in [0.1, 0.15) is 113 Å².